The standard InChI is InChI=1S/C31H50O2/c1-8-23(20(2)3)10-9-21(4)27-13-14-28-26-12-11-24-19-25(33-22(5)32)15-17-30(24,6)29(26)16-18-31(27,28)7/h9-10,12,20-21,23-25,27-29H,8,11,13-19H2,1-7H3. The molecule has 0 N–H and O–H groups in total. The van der Waals surface area contributed by atoms with E-state index in [0.717, 1.165) is 36.5 Å². The van der Waals surface area contributed by atoms with Crippen LogP contribution in [0.4, 0.5) is 0 Å². The summed E-state index contributed by atoms with van der Waals surface area (Å²) in [5.41, 5.74) is 2.70. The van der Waals surface area contributed by atoms with Gasteiger partial charge < -0.3 is 4.74 Å². The summed E-state index contributed by atoms with van der Waals surface area (Å²) in [6.45, 7) is 16.3. The van der Waals surface area contributed by atoms with Crippen molar-refractivity contribution in [2.75, 3.05) is 0 Å². The maximum atomic E-state index is 11.5. The maximum absolute atomic E-state index is 11.5. The van der Waals surface area contributed by atoms with Gasteiger partial charge in [0.25, 0.3) is 0 Å². The summed E-state index contributed by atoms with van der Waals surface area (Å²) in [5, 5.41) is 0. The molecule has 186 valence electrons. The molecule has 3 fully saturated rings. The van der Waals surface area contributed by atoms with Crippen molar-refractivity contribution in [3.8, 4) is 0 Å². The van der Waals surface area contributed by atoms with Crippen LogP contribution in [0.3, 0.4) is 0 Å². The summed E-state index contributed by atoms with van der Waals surface area (Å²) in [4.78, 5) is 11.5. The van der Waals surface area contributed by atoms with Gasteiger partial charge in [0.05, 0.1) is 0 Å². The minimum Gasteiger partial charge on any atom is -0.463 e. The summed E-state index contributed by atoms with van der Waals surface area (Å²) >= 11 is 0. The van der Waals surface area contributed by atoms with Gasteiger partial charge in [-0.25, -0.2) is 0 Å². The number of ether oxygens (including phenoxy) is 1. The third-order valence-electron chi connectivity index (χ3n) is 11.1. The largest absolute Gasteiger partial charge is 0.463 e. The Morgan fingerprint density at radius 3 is 2.42 bits per heavy atom. The molecule has 0 aromatic heterocycles. The summed E-state index contributed by atoms with van der Waals surface area (Å²) in [7, 11) is 0. The molecule has 3 saturated carbocycles. The van der Waals surface area contributed by atoms with Crippen LogP contribution in [-0.4, -0.2) is 12.1 Å². The van der Waals surface area contributed by atoms with E-state index in [2.05, 4.69) is 59.8 Å². The topological polar surface area (TPSA) is 26.3 Å². The first kappa shape index (κ1) is 25.1. The fraction of sp³-hybridized carbons (Fsp3) is 0.839. The van der Waals surface area contributed by atoms with Gasteiger partial charge in [-0.2, -0.15) is 0 Å². The van der Waals surface area contributed by atoms with Gasteiger partial charge in [-0.3, -0.25) is 4.79 Å². The molecule has 0 aromatic rings. The van der Waals surface area contributed by atoms with Gasteiger partial charge in [0.1, 0.15) is 6.10 Å². The van der Waals surface area contributed by atoms with Crippen molar-refractivity contribution < 1.29 is 9.53 Å². The Kier molecular flexibility index (Phi) is 7.24. The first-order valence-corrected chi connectivity index (χ1v) is 14.2. The van der Waals surface area contributed by atoms with Gasteiger partial charge >= 0.3 is 5.97 Å². The molecule has 0 heterocycles. The number of esters is 1. The van der Waals surface area contributed by atoms with Gasteiger partial charge in [0.15, 0.2) is 0 Å². The average Bonchev–Trinajstić information content (AvgIpc) is 3.11. The van der Waals surface area contributed by atoms with Crippen molar-refractivity contribution in [1.29, 1.82) is 0 Å². The van der Waals surface area contributed by atoms with Crippen molar-refractivity contribution >= 4 is 5.97 Å². The first-order chi connectivity index (χ1) is 15.6. The Morgan fingerprint density at radius 2 is 1.76 bits per heavy atom. The molecular weight excluding hydrogens is 404 g/mol. The van der Waals surface area contributed by atoms with E-state index in [1.165, 1.54) is 44.9 Å². The normalized spacial score (nSPS) is 42.3. The highest BCUT2D eigenvalue weighted by atomic mass is 16.5. The Labute approximate surface area is 204 Å². The molecule has 2 nitrogen and oxygen atoms in total. The van der Waals surface area contributed by atoms with Crippen molar-refractivity contribution in [1.82, 2.24) is 0 Å². The Morgan fingerprint density at radius 1 is 1.06 bits per heavy atom. The van der Waals surface area contributed by atoms with E-state index in [9.17, 15) is 4.79 Å². The van der Waals surface area contributed by atoms with E-state index < -0.39 is 0 Å². The molecule has 2 heteroatoms. The molecule has 0 saturated heterocycles. The molecule has 0 aliphatic heterocycles. The number of hydrogen-bond acceptors (Lipinski definition) is 2. The van der Waals surface area contributed by atoms with Crippen LogP contribution >= 0.6 is 0 Å². The smallest absolute Gasteiger partial charge is 0.302 e. The molecule has 4 aliphatic carbocycles. The second-order valence-corrected chi connectivity index (χ2v) is 13.0. The SMILES string of the molecule is CCC(C=CC(C)C1CCC2C3=CCC4CC(OC(C)=O)CCC4(C)C3CCC21C)C(C)C. The molecule has 0 bridgehead atoms. The minimum atomic E-state index is -0.108. The third kappa shape index (κ3) is 4.50. The summed E-state index contributed by atoms with van der Waals surface area (Å²) in [5.74, 6) is 5.05. The lowest BCUT2D eigenvalue weighted by Crippen LogP contribution is -2.50. The lowest BCUT2D eigenvalue weighted by atomic mass is 9.47. The van der Waals surface area contributed by atoms with Gasteiger partial charge in [-0.15, -0.1) is 0 Å². The average molecular weight is 455 g/mol. The van der Waals surface area contributed by atoms with Crippen molar-refractivity contribution in [2.45, 2.75) is 112 Å². The van der Waals surface area contributed by atoms with E-state index in [1.54, 1.807) is 6.92 Å². The fourth-order valence-corrected chi connectivity index (χ4v) is 9.00. The van der Waals surface area contributed by atoms with E-state index in [4.69, 9.17) is 4.74 Å². The molecular formula is C31H50O2. The third-order valence-corrected chi connectivity index (χ3v) is 11.1. The summed E-state index contributed by atoms with van der Waals surface area (Å²) in [6, 6.07) is 0. The molecule has 4 aliphatic rings. The predicted molar refractivity (Wildman–Crippen MR) is 138 cm³/mol. The molecule has 0 spiro atoms. The van der Waals surface area contributed by atoms with Crippen molar-refractivity contribution in [2.24, 2.45) is 52.3 Å². The number of fused-ring (bicyclic) bond motifs is 5. The van der Waals surface area contributed by atoms with Crippen LogP contribution in [0.1, 0.15) is 106 Å². The van der Waals surface area contributed by atoms with Gasteiger partial charge in [0.2, 0.25) is 0 Å². The van der Waals surface area contributed by atoms with Gasteiger partial charge in [0, 0.05) is 6.92 Å². The number of carbonyl (C=O) groups excluding carboxylic acids is 1. The molecule has 9 atom stereocenters. The van der Waals surface area contributed by atoms with E-state index in [1.807, 2.05) is 5.57 Å². The van der Waals surface area contributed by atoms with Crippen LogP contribution in [0.2, 0.25) is 0 Å². The second kappa shape index (κ2) is 9.54. The number of rotatable bonds is 6. The van der Waals surface area contributed by atoms with Crippen LogP contribution in [-0.2, 0) is 9.53 Å². The molecule has 4 rings (SSSR count). The van der Waals surface area contributed by atoms with E-state index >= 15 is 0 Å². The van der Waals surface area contributed by atoms with Gasteiger partial charge in [-0.1, -0.05) is 65.3 Å². The summed E-state index contributed by atoms with van der Waals surface area (Å²) < 4.78 is 5.64. The second-order valence-electron chi connectivity index (χ2n) is 13.0. The van der Waals surface area contributed by atoms with Crippen molar-refractivity contribution in [3.05, 3.63) is 23.8 Å². The van der Waals surface area contributed by atoms with E-state index in [0.29, 0.717) is 28.6 Å². The molecule has 0 radical (unpaired) electrons. The van der Waals surface area contributed by atoms with Crippen LogP contribution < -0.4 is 0 Å². The number of allylic oxidation sites excluding steroid dienone is 4. The molecule has 0 aromatic carbocycles. The highest BCUT2D eigenvalue weighted by molar-refractivity contribution is 5.66. The highest BCUT2D eigenvalue weighted by Gasteiger charge is 2.58. The van der Waals surface area contributed by atoms with Crippen LogP contribution in [0.5, 0.6) is 0 Å². The Hall–Kier alpha value is -1.05. The summed E-state index contributed by atoms with van der Waals surface area (Å²) in [6.07, 6.45) is 19.3. The number of hydrogen-bond donors (Lipinski definition) is 0. The monoisotopic (exact) mass is 454 g/mol. The zero-order valence-corrected chi connectivity index (χ0v) is 22.5. The number of carbonyl (C=O) groups is 1. The molecule has 0 amide bonds. The lowest BCUT2D eigenvalue weighted by Gasteiger charge is -2.58. The predicted octanol–water partition coefficient (Wildman–Crippen LogP) is 8.37. The van der Waals surface area contributed by atoms with Crippen molar-refractivity contribution in [3.63, 3.8) is 0 Å². The maximum Gasteiger partial charge on any atom is 0.302 e. The quantitative estimate of drug-likeness (QED) is 0.297. The van der Waals surface area contributed by atoms with E-state index in [-0.39, 0.29) is 12.1 Å². The Bertz CT molecular complexity index is 778. The van der Waals surface area contributed by atoms with Crippen LogP contribution in [0, 0.1) is 52.3 Å². The lowest BCUT2D eigenvalue weighted by molar-refractivity contribution is -0.152. The fourth-order valence-electron chi connectivity index (χ4n) is 9.00. The highest BCUT2D eigenvalue weighted by Crippen LogP contribution is 2.66. The molecule has 33 heavy (non-hydrogen) atoms. The minimum absolute atomic E-state index is 0.108. The molecule has 9 unspecified atom stereocenters. The van der Waals surface area contributed by atoms with Crippen LogP contribution in [0.25, 0.3) is 0 Å². The zero-order valence-electron chi connectivity index (χ0n) is 22.5. The van der Waals surface area contributed by atoms with Crippen LogP contribution in [0.15, 0.2) is 23.8 Å². The van der Waals surface area contributed by atoms with Gasteiger partial charge in [-0.05, 0) is 110 Å². The Balaban J connectivity index is 1.50. The first-order valence-electron chi connectivity index (χ1n) is 14.2. The zero-order chi connectivity index (χ0) is 24.0.